The highest BCUT2D eigenvalue weighted by Gasteiger charge is 2.57. The van der Waals surface area contributed by atoms with Gasteiger partial charge in [-0.25, -0.2) is 4.79 Å². The SMILES string of the molecule is CCC(CC)CC(C(=O)O)(C(=O)ON)C(=O)OCc1ccccc1. The zero-order valence-electron chi connectivity index (χ0n) is 13.9. The van der Waals surface area contributed by atoms with Crippen LogP contribution in [0.4, 0.5) is 0 Å². The number of carbonyl (C=O) groups is 3. The van der Waals surface area contributed by atoms with Crippen molar-refractivity contribution in [1.82, 2.24) is 0 Å². The summed E-state index contributed by atoms with van der Waals surface area (Å²) in [4.78, 5) is 40.5. The minimum absolute atomic E-state index is 0.143. The largest absolute Gasteiger partial charge is 0.480 e. The predicted molar refractivity (Wildman–Crippen MR) is 85.3 cm³/mol. The van der Waals surface area contributed by atoms with E-state index in [-0.39, 0.29) is 18.9 Å². The first-order chi connectivity index (χ1) is 11.4. The van der Waals surface area contributed by atoms with Gasteiger partial charge in [0.15, 0.2) is 0 Å². The molecule has 7 heteroatoms. The Morgan fingerprint density at radius 1 is 1.12 bits per heavy atom. The Morgan fingerprint density at radius 3 is 2.17 bits per heavy atom. The van der Waals surface area contributed by atoms with Crippen molar-refractivity contribution in [3.05, 3.63) is 35.9 Å². The summed E-state index contributed by atoms with van der Waals surface area (Å²) in [6.45, 7) is 3.56. The number of rotatable bonds is 9. The average molecular weight is 337 g/mol. The lowest BCUT2D eigenvalue weighted by atomic mass is 9.77. The lowest BCUT2D eigenvalue weighted by Crippen LogP contribution is -2.50. The van der Waals surface area contributed by atoms with Gasteiger partial charge < -0.3 is 14.7 Å². The van der Waals surface area contributed by atoms with Crippen LogP contribution < -0.4 is 5.90 Å². The van der Waals surface area contributed by atoms with E-state index >= 15 is 0 Å². The van der Waals surface area contributed by atoms with Gasteiger partial charge in [0.1, 0.15) is 6.61 Å². The number of carbonyl (C=O) groups excluding carboxylic acids is 2. The van der Waals surface area contributed by atoms with E-state index in [1.165, 1.54) is 0 Å². The molecular weight excluding hydrogens is 314 g/mol. The van der Waals surface area contributed by atoms with Gasteiger partial charge in [-0.3, -0.25) is 9.59 Å². The van der Waals surface area contributed by atoms with Crippen molar-refractivity contribution in [3.8, 4) is 0 Å². The summed E-state index contributed by atoms with van der Waals surface area (Å²) in [5.41, 5.74) is -1.78. The standard InChI is InChI=1S/C17H23NO6/c1-3-12(4-2)10-17(14(19)20,16(22)24-18)15(21)23-11-13-8-6-5-7-9-13/h5-9,12H,3-4,10-11,18H2,1-2H3,(H,19,20). The van der Waals surface area contributed by atoms with Crippen molar-refractivity contribution in [2.24, 2.45) is 17.2 Å². The van der Waals surface area contributed by atoms with Crippen molar-refractivity contribution < 1.29 is 29.1 Å². The van der Waals surface area contributed by atoms with Crippen LogP contribution >= 0.6 is 0 Å². The first-order valence-corrected chi connectivity index (χ1v) is 7.78. The van der Waals surface area contributed by atoms with E-state index in [1.54, 1.807) is 30.3 Å². The molecule has 3 N–H and O–H groups in total. The van der Waals surface area contributed by atoms with Gasteiger partial charge in [-0.1, -0.05) is 57.0 Å². The molecule has 24 heavy (non-hydrogen) atoms. The van der Waals surface area contributed by atoms with Gasteiger partial charge in [-0.2, -0.15) is 5.90 Å². The summed E-state index contributed by atoms with van der Waals surface area (Å²) in [7, 11) is 0. The second kappa shape index (κ2) is 9.02. The number of esters is 1. The van der Waals surface area contributed by atoms with E-state index in [0.717, 1.165) is 0 Å². The zero-order chi connectivity index (χ0) is 18.2. The molecule has 0 aliphatic rings. The molecule has 1 aromatic rings. The van der Waals surface area contributed by atoms with Gasteiger partial charge in [0, 0.05) is 0 Å². The Hall–Kier alpha value is -2.41. The molecule has 1 rings (SSSR count). The van der Waals surface area contributed by atoms with Gasteiger partial charge in [0.25, 0.3) is 5.41 Å². The molecule has 132 valence electrons. The van der Waals surface area contributed by atoms with Crippen molar-refractivity contribution in [2.75, 3.05) is 0 Å². The smallest absolute Gasteiger partial charge is 0.353 e. The monoisotopic (exact) mass is 337 g/mol. The molecule has 0 spiro atoms. The number of aliphatic carboxylic acids is 1. The van der Waals surface area contributed by atoms with E-state index in [0.29, 0.717) is 18.4 Å². The molecule has 0 aromatic heterocycles. The van der Waals surface area contributed by atoms with Crippen LogP contribution in [-0.2, 0) is 30.6 Å². The summed E-state index contributed by atoms with van der Waals surface area (Å²) in [5.74, 6) is 0.609. The van der Waals surface area contributed by atoms with Crippen molar-refractivity contribution in [2.45, 2.75) is 39.7 Å². The molecule has 1 aromatic carbocycles. The fourth-order valence-electron chi connectivity index (χ4n) is 2.47. The first kappa shape index (κ1) is 19.6. The summed E-state index contributed by atoms with van der Waals surface area (Å²) in [6, 6.07) is 8.75. The minimum atomic E-state index is -2.46. The van der Waals surface area contributed by atoms with E-state index in [9.17, 15) is 19.5 Å². The third-order valence-electron chi connectivity index (χ3n) is 4.13. The van der Waals surface area contributed by atoms with E-state index in [1.807, 2.05) is 13.8 Å². The Kier molecular flexibility index (Phi) is 7.38. The van der Waals surface area contributed by atoms with Gasteiger partial charge in [0.2, 0.25) is 0 Å². The summed E-state index contributed by atoms with van der Waals surface area (Å²) in [5, 5.41) is 9.58. The van der Waals surface area contributed by atoms with Gasteiger partial charge in [-0.15, -0.1) is 0 Å². The molecule has 0 aliphatic carbocycles. The van der Waals surface area contributed by atoms with Crippen molar-refractivity contribution >= 4 is 17.9 Å². The maximum Gasteiger partial charge on any atom is 0.353 e. The first-order valence-electron chi connectivity index (χ1n) is 7.78. The highest BCUT2D eigenvalue weighted by molar-refractivity contribution is 6.17. The van der Waals surface area contributed by atoms with Crippen LogP contribution in [0.1, 0.15) is 38.7 Å². The van der Waals surface area contributed by atoms with Crippen LogP contribution in [-0.4, -0.2) is 23.0 Å². The summed E-state index contributed by atoms with van der Waals surface area (Å²) < 4.78 is 5.09. The second-order valence-corrected chi connectivity index (χ2v) is 5.56. The van der Waals surface area contributed by atoms with Crippen LogP contribution in [0.3, 0.4) is 0 Å². The van der Waals surface area contributed by atoms with E-state index < -0.39 is 23.3 Å². The fourth-order valence-corrected chi connectivity index (χ4v) is 2.47. The molecule has 0 amide bonds. The highest BCUT2D eigenvalue weighted by atomic mass is 16.7. The van der Waals surface area contributed by atoms with Gasteiger partial charge >= 0.3 is 17.9 Å². The van der Waals surface area contributed by atoms with Crippen LogP contribution in [0.5, 0.6) is 0 Å². The van der Waals surface area contributed by atoms with Crippen LogP contribution in [0.2, 0.25) is 0 Å². The Balaban J connectivity index is 3.07. The second-order valence-electron chi connectivity index (χ2n) is 5.56. The van der Waals surface area contributed by atoms with Crippen molar-refractivity contribution in [1.29, 1.82) is 0 Å². The molecule has 0 saturated heterocycles. The molecule has 0 saturated carbocycles. The lowest BCUT2D eigenvalue weighted by molar-refractivity contribution is -0.184. The fraction of sp³-hybridized carbons (Fsp3) is 0.471. The molecule has 0 fully saturated rings. The molecule has 0 heterocycles. The number of hydrogen-bond donors (Lipinski definition) is 2. The zero-order valence-corrected chi connectivity index (χ0v) is 13.9. The molecule has 0 aliphatic heterocycles. The molecule has 1 atom stereocenters. The normalized spacial score (nSPS) is 13.2. The van der Waals surface area contributed by atoms with Gasteiger partial charge in [-0.05, 0) is 17.9 Å². The third kappa shape index (κ3) is 4.32. The van der Waals surface area contributed by atoms with Crippen LogP contribution in [0, 0.1) is 11.3 Å². The number of carboxylic acids is 1. The number of carboxylic acid groups (broad SMARTS) is 1. The Morgan fingerprint density at radius 2 is 1.71 bits per heavy atom. The average Bonchev–Trinajstić information content (AvgIpc) is 2.61. The third-order valence-corrected chi connectivity index (χ3v) is 4.13. The quantitative estimate of drug-likeness (QED) is 0.402. The van der Waals surface area contributed by atoms with Crippen LogP contribution in [0.25, 0.3) is 0 Å². The molecule has 0 bridgehead atoms. The number of nitrogens with two attached hydrogens (primary N) is 1. The predicted octanol–water partition coefficient (Wildman–Crippen LogP) is 2.04. The van der Waals surface area contributed by atoms with Gasteiger partial charge in [0.05, 0.1) is 0 Å². The van der Waals surface area contributed by atoms with E-state index in [2.05, 4.69) is 4.84 Å². The van der Waals surface area contributed by atoms with E-state index in [4.69, 9.17) is 10.6 Å². The topological polar surface area (TPSA) is 116 Å². The Labute approximate surface area is 140 Å². The molecule has 1 unspecified atom stereocenters. The number of benzene rings is 1. The molecule has 0 radical (unpaired) electrons. The molecular formula is C17H23NO6. The maximum absolute atomic E-state index is 12.5. The number of hydrogen-bond acceptors (Lipinski definition) is 6. The summed E-state index contributed by atoms with van der Waals surface area (Å²) >= 11 is 0. The molecule has 7 nitrogen and oxygen atoms in total. The maximum atomic E-state index is 12.5. The van der Waals surface area contributed by atoms with Crippen molar-refractivity contribution in [3.63, 3.8) is 0 Å². The Bertz CT molecular complexity index is 570. The lowest BCUT2D eigenvalue weighted by Gasteiger charge is -2.27. The van der Waals surface area contributed by atoms with Crippen LogP contribution in [0.15, 0.2) is 30.3 Å². The highest BCUT2D eigenvalue weighted by Crippen LogP contribution is 2.33. The summed E-state index contributed by atoms with van der Waals surface area (Å²) in [6.07, 6.45) is 0.990. The number of ether oxygens (including phenoxy) is 1. The minimum Gasteiger partial charge on any atom is -0.480 e.